The highest BCUT2D eigenvalue weighted by Crippen LogP contribution is 2.39. The highest BCUT2D eigenvalue weighted by molar-refractivity contribution is 7.09. The minimum Gasteiger partial charge on any atom is -0.348 e. The third-order valence-corrected chi connectivity index (χ3v) is 4.67. The molecule has 3 aromatic rings. The van der Waals surface area contributed by atoms with Gasteiger partial charge in [-0.25, -0.2) is 4.98 Å². The Balaban J connectivity index is 1.66. The van der Waals surface area contributed by atoms with E-state index >= 15 is 0 Å². The van der Waals surface area contributed by atoms with Gasteiger partial charge in [-0.15, -0.1) is 0 Å². The first-order valence-corrected chi connectivity index (χ1v) is 8.64. The van der Waals surface area contributed by atoms with Crippen LogP contribution in [0.15, 0.2) is 48.7 Å². The van der Waals surface area contributed by atoms with Crippen LogP contribution in [0.1, 0.15) is 47.4 Å². The zero-order valence-corrected chi connectivity index (χ0v) is 13.8. The minimum absolute atomic E-state index is 0.0175. The molecule has 23 heavy (non-hydrogen) atoms. The summed E-state index contributed by atoms with van der Waals surface area (Å²) in [6.45, 7) is 2.11. The van der Waals surface area contributed by atoms with Gasteiger partial charge in [-0.2, -0.15) is 4.37 Å². The summed E-state index contributed by atoms with van der Waals surface area (Å²) in [7, 11) is 0. The third kappa shape index (κ3) is 3.24. The van der Waals surface area contributed by atoms with Crippen LogP contribution >= 0.6 is 11.5 Å². The van der Waals surface area contributed by atoms with Crippen LogP contribution in [0.5, 0.6) is 0 Å². The van der Waals surface area contributed by atoms with Gasteiger partial charge in [0.15, 0.2) is 0 Å². The van der Waals surface area contributed by atoms with Gasteiger partial charge < -0.3 is 5.32 Å². The maximum atomic E-state index is 4.65. The second kappa shape index (κ2) is 6.08. The number of nitrogens with zero attached hydrogens (tertiary/aromatic N) is 3. The molecule has 1 aliphatic carbocycles. The van der Waals surface area contributed by atoms with Gasteiger partial charge in [-0.3, -0.25) is 4.98 Å². The number of hydrogen-bond donors (Lipinski definition) is 1. The molecule has 1 N–H and O–H groups in total. The van der Waals surface area contributed by atoms with E-state index in [9.17, 15) is 0 Å². The number of benzene rings is 1. The molecular formula is C18H18N4S. The minimum atomic E-state index is -0.0175. The second-order valence-electron chi connectivity index (χ2n) is 5.98. The summed E-state index contributed by atoms with van der Waals surface area (Å²) in [6, 6.07) is 14.5. The van der Waals surface area contributed by atoms with Crippen molar-refractivity contribution in [1.82, 2.24) is 14.3 Å². The fourth-order valence-electron chi connectivity index (χ4n) is 2.65. The van der Waals surface area contributed by atoms with Crippen molar-refractivity contribution >= 4 is 16.7 Å². The molecule has 0 saturated heterocycles. The number of aromatic nitrogens is 3. The summed E-state index contributed by atoms with van der Waals surface area (Å²) >= 11 is 1.44. The normalized spacial score (nSPS) is 15.3. The van der Waals surface area contributed by atoms with Crippen molar-refractivity contribution in [3.8, 4) is 0 Å². The molecule has 5 heteroatoms. The van der Waals surface area contributed by atoms with E-state index in [2.05, 4.69) is 50.8 Å². The molecule has 1 saturated carbocycles. The Morgan fingerprint density at radius 3 is 2.83 bits per heavy atom. The van der Waals surface area contributed by atoms with Crippen LogP contribution in [0.2, 0.25) is 0 Å². The van der Waals surface area contributed by atoms with E-state index in [1.165, 1.54) is 35.5 Å². The van der Waals surface area contributed by atoms with Crippen molar-refractivity contribution < 1.29 is 0 Å². The smallest absolute Gasteiger partial charge is 0.203 e. The molecule has 4 rings (SSSR count). The lowest BCUT2D eigenvalue weighted by atomic mass is 10.0. The second-order valence-corrected chi connectivity index (χ2v) is 6.73. The topological polar surface area (TPSA) is 50.7 Å². The summed E-state index contributed by atoms with van der Waals surface area (Å²) in [5.74, 6) is 1.57. The SMILES string of the molecule is Cc1cccc(C(Nc2nc(C3CC3)ns2)c2ccccn2)c1. The van der Waals surface area contributed by atoms with Crippen LogP contribution in [0.3, 0.4) is 0 Å². The Hall–Kier alpha value is -2.27. The van der Waals surface area contributed by atoms with E-state index in [0.717, 1.165) is 16.6 Å². The van der Waals surface area contributed by atoms with Crippen LogP contribution in [-0.4, -0.2) is 14.3 Å². The summed E-state index contributed by atoms with van der Waals surface area (Å²) in [5, 5.41) is 4.39. The summed E-state index contributed by atoms with van der Waals surface area (Å²) in [6.07, 6.45) is 4.27. The monoisotopic (exact) mass is 322 g/mol. The molecule has 1 atom stereocenters. The third-order valence-electron chi connectivity index (χ3n) is 4.01. The average Bonchev–Trinajstić information content (AvgIpc) is 3.33. The Labute approximate surface area is 139 Å². The number of rotatable bonds is 5. The molecule has 1 unspecified atom stereocenters. The number of nitrogens with one attached hydrogen (secondary N) is 1. The van der Waals surface area contributed by atoms with E-state index in [1.54, 1.807) is 0 Å². The molecule has 2 heterocycles. The van der Waals surface area contributed by atoms with Crippen molar-refractivity contribution in [1.29, 1.82) is 0 Å². The molecule has 0 amide bonds. The molecule has 116 valence electrons. The van der Waals surface area contributed by atoms with Crippen LogP contribution in [0.25, 0.3) is 0 Å². The summed E-state index contributed by atoms with van der Waals surface area (Å²) in [5.41, 5.74) is 3.41. The van der Waals surface area contributed by atoms with Gasteiger partial charge >= 0.3 is 0 Å². The Morgan fingerprint density at radius 1 is 1.17 bits per heavy atom. The number of pyridine rings is 1. The highest BCUT2D eigenvalue weighted by Gasteiger charge is 2.28. The van der Waals surface area contributed by atoms with Gasteiger partial charge in [0, 0.05) is 23.6 Å². The first-order valence-electron chi connectivity index (χ1n) is 7.87. The van der Waals surface area contributed by atoms with E-state index in [0.29, 0.717) is 5.92 Å². The van der Waals surface area contributed by atoms with Crippen molar-refractivity contribution in [2.24, 2.45) is 0 Å². The molecule has 0 radical (unpaired) electrons. The first kappa shape index (κ1) is 14.3. The Kier molecular flexibility index (Phi) is 3.79. The number of aryl methyl sites for hydroxylation is 1. The van der Waals surface area contributed by atoms with Gasteiger partial charge in [-0.1, -0.05) is 35.9 Å². The zero-order valence-electron chi connectivity index (χ0n) is 12.9. The van der Waals surface area contributed by atoms with Crippen molar-refractivity contribution in [3.63, 3.8) is 0 Å². The highest BCUT2D eigenvalue weighted by atomic mass is 32.1. The molecule has 0 spiro atoms. The first-order chi connectivity index (χ1) is 11.3. The van der Waals surface area contributed by atoms with Gasteiger partial charge in [0.2, 0.25) is 5.13 Å². The summed E-state index contributed by atoms with van der Waals surface area (Å²) < 4.78 is 4.48. The molecule has 1 aliphatic rings. The molecule has 1 aromatic carbocycles. The molecular weight excluding hydrogens is 304 g/mol. The largest absolute Gasteiger partial charge is 0.348 e. The molecule has 4 nitrogen and oxygen atoms in total. The number of hydrogen-bond acceptors (Lipinski definition) is 5. The fourth-order valence-corrected chi connectivity index (χ4v) is 3.32. The van der Waals surface area contributed by atoms with E-state index in [4.69, 9.17) is 0 Å². The standard InChI is InChI=1S/C18H18N4S/c1-12-5-4-6-14(11-12)16(15-7-2-3-10-19-15)20-18-21-17(22-23-18)13-8-9-13/h2-7,10-11,13,16H,8-9H2,1H3,(H,20,21,22). The van der Waals surface area contributed by atoms with Crippen LogP contribution in [-0.2, 0) is 0 Å². The molecule has 0 aliphatic heterocycles. The fraction of sp³-hybridized carbons (Fsp3) is 0.278. The number of anilines is 1. The van der Waals surface area contributed by atoms with Crippen molar-refractivity contribution in [2.75, 3.05) is 5.32 Å². The van der Waals surface area contributed by atoms with Crippen molar-refractivity contribution in [2.45, 2.75) is 31.7 Å². The van der Waals surface area contributed by atoms with E-state index in [1.807, 2.05) is 24.4 Å². The molecule has 0 bridgehead atoms. The Bertz CT molecular complexity index is 796. The lowest BCUT2D eigenvalue weighted by molar-refractivity contribution is 0.877. The van der Waals surface area contributed by atoms with Crippen LogP contribution in [0, 0.1) is 6.92 Å². The maximum Gasteiger partial charge on any atom is 0.203 e. The predicted octanol–water partition coefficient (Wildman–Crippen LogP) is 4.32. The van der Waals surface area contributed by atoms with Gasteiger partial charge in [-0.05, 0) is 37.5 Å². The van der Waals surface area contributed by atoms with Gasteiger partial charge in [0.05, 0.1) is 11.7 Å². The van der Waals surface area contributed by atoms with Crippen LogP contribution in [0.4, 0.5) is 5.13 Å². The zero-order chi connectivity index (χ0) is 15.6. The van der Waals surface area contributed by atoms with E-state index < -0.39 is 0 Å². The predicted molar refractivity (Wildman–Crippen MR) is 92.8 cm³/mol. The summed E-state index contributed by atoms with van der Waals surface area (Å²) in [4.78, 5) is 9.18. The van der Waals surface area contributed by atoms with Gasteiger partial charge in [0.25, 0.3) is 0 Å². The average molecular weight is 322 g/mol. The van der Waals surface area contributed by atoms with Crippen molar-refractivity contribution in [3.05, 3.63) is 71.3 Å². The van der Waals surface area contributed by atoms with Crippen LogP contribution < -0.4 is 5.32 Å². The Morgan fingerprint density at radius 2 is 2.09 bits per heavy atom. The van der Waals surface area contributed by atoms with E-state index in [-0.39, 0.29) is 6.04 Å². The molecule has 2 aromatic heterocycles. The quantitative estimate of drug-likeness (QED) is 0.760. The molecule has 1 fully saturated rings. The lowest BCUT2D eigenvalue weighted by Gasteiger charge is -2.18. The van der Waals surface area contributed by atoms with Gasteiger partial charge in [0.1, 0.15) is 5.82 Å². The lowest BCUT2D eigenvalue weighted by Crippen LogP contribution is -2.13. The maximum absolute atomic E-state index is 4.65.